The van der Waals surface area contributed by atoms with Gasteiger partial charge in [-0.15, -0.1) is 0 Å². The molecule has 0 saturated heterocycles. The van der Waals surface area contributed by atoms with E-state index in [1.165, 1.54) is 30.4 Å². The summed E-state index contributed by atoms with van der Waals surface area (Å²) in [6, 6.07) is 6.73. The molecule has 0 aromatic heterocycles. The molecule has 1 heterocycles. The molecule has 1 fully saturated rings. The summed E-state index contributed by atoms with van der Waals surface area (Å²) in [4.78, 5) is 11.9. The van der Waals surface area contributed by atoms with Gasteiger partial charge in [0.1, 0.15) is 5.75 Å². The fraction of sp³-hybridized carbons (Fsp3) is 0.611. The Hall–Kier alpha value is -1.71. The van der Waals surface area contributed by atoms with Gasteiger partial charge in [0.25, 0.3) is 0 Å². The molecule has 0 radical (unpaired) electrons. The van der Waals surface area contributed by atoms with Crippen LogP contribution in [0.4, 0.5) is 4.79 Å². The van der Waals surface area contributed by atoms with Crippen molar-refractivity contribution in [3.05, 3.63) is 29.3 Å². The number of aryl methyl sites for hydroxylation is 1. The summed E-state index contributed by atoms with van der Waals surface area (Å²) in [6.07, 6.45) is 9.09. The fourth-order valence-corrected chi connectivity index (χ4v) is 3.37. The predicted octanol–water partition coefficient (Wildman–Crippen LogP) is 3.19. The van der Waals surface area contributed by atoms with Gasteiger partial charge in [-0.3, -0.25) is 0 Å². The van der Waals surface area contributed by atoms with Crippen molar-refractivity contribution in [1.82, 2.24) is 10.6 Å². The van der Waals surface area contributed by atoms with Crippen molar-refractivity contribution in [1.29, 1.82) is 0 Å². The van der Waals surface area contributed by atoms with E-state index in [1.807, 2.05) is 0 Å². The molecule has 3 rings (SSSR count). The first-order valence-electron chi connectivity index (χ1n) is 8.60. The second kappa shape index (κ2) is 7.52. The third-order valence-electron chi connectivity index (χ3n) is 4.61. The van der Waals surface area contributed by atoms with Crippen molar-refractivity contribution < 1.29 is 9.53 Å². The summed E-state index contributed by atoms with van der Waals surface area (Å²) in [7, 11) is 0. The first-order chi connectivity index (χ1) is 10.8. The van der Waals surface area contributed by atoms with Gasteiger partial charge in [0, 0.05) is 12.6 Å². The van der Waals surface area contributed by atoms with Crippen LogP contribution in [0.2, 0.25) is 0 Å². The van der Waals surface area contributed by atoms with Gasteiger partial charge in [-0.05, 0) is 49.3 Å². The molecule has 1 aromatic rings. The third kappa shape index (κ3) is 4.15. The number of carbonyl (C=O) groups is 1. The number of hydrogen-bond acceptors (Lipinski definition) is 2. The molecular weight excluding hydrogens is 276 g/mol. The van der Waals surface area contributed by atoms with E-state index in [4.69, 9.17) is 4.74 Å². The first kappa shape index (κ1) is 15.2. The van der Waals surface area contributed by atoms with Gasteiger partial charge in [0.15, 0.2) is 0 Å². The Morgan fingerprint density at radius 3 is 2.91 bits per heavy atom. The van der Waals surface area contributed by atoms with Crippen LogP contribution in [-0.4, -0.2) is 25.2 Å². The first-order valence-corrected chi connectivity index (χ1v) is 8.60. The number of fused-ring (bicyclic) bond motifs is 1. The Kier molecular flexibility index (Phi) is 5.20. The van der Waals surface area contributed by atoms with Crippen LogP contribution in [0.15, 0.2) is 18.2 Å². The monoisotopic (exact) mass is 302 g/mol. The smallest absolute Gasteiger partial charge is 0.315 e. The van der Waals surface area contributed by atoms with Crippen LogP contribution in [0.5, 0.6) is 5.75 Å². The highest BCUT2D eigenvalue weighted by atomic mass is 16.5. The highest BCUT2D eigenvalue weighted by molar-refractivity contribution is 5.74. The zero-order valence-corrected chi connectivity index (χ0v) is 13.2. The predicted molar refractivity (Wildman–Crippen MR) is 87.4 cm³/mol. The molecule has 2 N–H and O–H groups in total. The van der Waals surface area contributed by atoms with Gasteiger partial charge in [-0.2, -0.15) is 0 Å². The minimum atomic E-state index is -0.0202. The topological polar surface area (TPSA) is 50.4 Å². The zero-order valence-electron chi connectivity index (χ0n) is 13.2. The molecule has 1 aromatic carbocycles. The lowest BCUT2D eigenvalue weighted by Crippen LogP contribution is -2.43. The van der Waals surface area contributed by atoms with E-state index in [-0.39, 0.29) is 6.03 Å². The summed E-state index contributed by atoms with van der Waals surface area (Å²) in [5, 5.41) is 6.06. The number of hydrogen-bond donors (Lipinski definition) is 2. The normalized spacial score (nSPS) is 18.2. The molecule has 0 spiro atoms. The van der Waals surface area contributed by atoms with Crippen molar-refractivity contribution in [2.45, 2.75) is 57.4 Å². The largest absolute Gasteiger partial charge is 0.493 e. The lowest BCUT2D eigenvalue weighted by atomic mass is 9.96. The molecule has 2 aliphatic rings. The number of rotatable bonds is 4. The van der Waals surface area contributed by atoms with Gasteiger partial charge >= 0.3 is 6.03 Å². The molecule has 1 aliphatic heterocycles. The molecule has 4 nitrogen and oxygen atoms in total. The summed E-state index contributed by atoms with van der Waals surface area (Å²) < 4.78 is 5.63. The van der Waals surface area contributed by atoms with E-state index in [9.17, 15) is 4.79 Å². The van der Waals surface area contributed by atoms with Crippen LogP contribution in [0.1, 0.15) is 49.7 Å². The molecular formula is C18H26N2O2. The minimum Gasteiger partial charge on any atom is -0.493 e. The van der Waals surface area contributed by atoms with Crippen molar-refractivity contribution >= 4 is 6.03 Å². The lowest BCUT2D eigenvalue weighted by Gasteiger charge is -2.23. The van der Waals surface area contributed by atoms with Crippen molar-refractivity contribution in [2.75, 3.05) is 13.2 Å². The number of carbonyl (C=O) groups excluding carboxylic acids is 1. The summed E-state index contributed by atoms with van der Waals surface area (Å²) in [5.74, 6) is 1.03. The van der Waals surface area contributed by atoms with Crippen LogP contribution in [0.3, 0.4) is 0 Å². The number of urea groups is 1. The summed E-state index contributed by atoms with van der Waals surface area (Å²) in [5.41, 5.74) is 2.57. The standard InChI is InChI=1S/C18H26N2O2/c21-18(20-16-6-2-1-3-7-16)19-11-10-14-8-9-17-15(13-14)5-4-12-22-17/h8-9,13,16H,1-7,10-12H2,(H2,19,20,21). The number of amides is 2. The van der Waals surface area contributed by atoms with Crippen LogP contribution < -0.4 is 15.4 Å². The van der Waals surface area contributed by atoms with E-state index >= 15 is 0 Å². The molecule has 0 bridgehead atoms. The highest BCUT2D eigenvalue weighted by Gasteiger charge is 2.15. The molecule has 0 unspecified atom stereocenters. The van der Waals surface area contributed by atoms with Gasteiger partial charge in [0.05, 0.1) is 6.61 Å². The third-order valence-corrected chi connectivity index (χ3v) is 4.61. The van der Waals surface area contributed by atoms with Gasteiger partial charge in [-0.1, -0.05) is 31.4 Å². The van der Waals surface area contributed by atoms with E-state index in [1.54, 1.807) is 0 Å². The average molecular weight is 302 g/mol. The van der Waals surface area contributed by atoms with Crippen molar-refractivity contribution in [3.63, 3.8) is 0 Å². The number of nitrogens with one attached hydrogen (secondary N) is 2. The Balaban J connectivity index is 1.41. The zero-order chi connectivity index (χ0) is 15.2. The lowest BCUT2D eigenvalue weighted by molar-refractivity contribution is 0.233. The maximum atomic E-state index is 11.9. The van der Waals surface area contributed by atoms with E-state index in [0.717, 1.165) is 44.5 Å². The second-order valence-electron chi connectivity index (χ2n) is 6.38. The quantitative estimate of drug-likeness (QED) is 0.897. The van der Waals surface area contributed by atoms with Gasteiger partial charge in [-0.25, -0.2) is 4.79 Å². The van der Waals surface area contributed by atoms with Gasteiger partial charge in [0.2, 0.25) is 0 Å². The molecule has 4 heteroatoms. The number of benzene rings is 1. The van der Waals surface area contributed by atoms with Crippen LogP contribution in [-0.2, 0) is 12.8 Å². The van der Waals surface area contributed by atoms with E-state index in [0.29, 0.717) is 12.6 Å². The summed E-state index contributed by atoms with van der Waals surface area (Å²) in [6.45, 7) is 1.51. The molecule has 120 valence electrons. The van der Waals surface area contributed by atoms with Crippen LogP contribution >= 0.6 is 0 Å². The highest BCUT2D eigenvalue weighted by Crippen LogP contribution is 2.25. The van der Waals surface area contributed by atoms with E-state index < -0.39 is 0 Å². The minimum absolute atomic E-state index is 0.0202. The average Bonchev–Trinajstić information content (AvgIpc) is 2.55. The Morgan fingerprint density at radius 1 is 1.18 bits per heavy atom. The SMILES string of the molecule is O=C(NCCc1ccc2c(c1)CCCO2)NC1CCCCC1. The van der Waals surface area contributed by atoms with Gasteiger partial charge < -0.3 is 15.4 Å². The van der Waals surface area contributed by atoms with Crippen molar-refractivity contribution in [2.24, 2.45) is 0 Å². The summed E-state index contributed by atoms with van der Waals surface area (Å²) >= 11 is 0. The molecule has 0 atom stereocenters. The maximum absolute atomic E-state index is 11.9. The molecule has 2 amide bonds. The van der Waals surface area contributed by atoms with Crippen molar-refractivity contribution in [3.8, 4) is 5.75 Å². The molecule has 22 heavy (non-hydrogen) atoms. The molecule has 1 aliphatic carbocycles. The van der Waals surface area contributed by atoms with Crippen LogP contribution in [0, 0.1) is 0 Å². The Labute approximate surface area is 132 Å². The second-order valence-corrected chi connectivity index (χ2v) is 6.38. The maximum Gasteiger partial charge on any atom is 0.315 e. The van der Waals surface area contributed by atoms with Crippen LogP contribution in [0.25, 0.3) is 0 Å². The van der Waals surface area contributed by atoms with E-state index in [2.05, 4.69) is 28.8 Å². The Bertz CT molecular complexity index is 510. The Morgan fingerprint density at radius 2 is 2.05 bits per heavy atom. The number of ether oxygens (including phenoxy) is 1. The molecule has 1 saturated carbocycles. The fourth-order valence-electron chi connectivity index (χ4n) is 3.37.